The Morgan fingerprint density at radius 3 is 2.70 bits per heavy atom. The van der Waals surface area contributed by atoms with Gasteiger partial charge in [0.15, 0.2) is 11.5 Å². The van der Waals surface area contributed by atoms with Crippen molar-refractivity contribution in [3.8, 4) is 11.5 Å². The molecule has 1 saturated carbocycles. The summed E-state index contributed by atoms with van der Waals surface area (Å²) in [5, 5.41) is 10.2. The van der Waals surface area contributed by atoms with Gasteiger partial charge in [-0.2, -0.15) is 0 Å². The lowest BCUT2D eigenvalue weighted by Crippen LogP contribution is -2.47. The number of hydrogen-bond donors (Lipinski definition) is 1. The molecule has 4 nitrogen and oxygen atoms in total. The van der Waals surface area contributed by atoms with Crippen molar-refractivity contribution in [2.24, 2.45) is 0 Å². The predicted molar refractivity (Wildman–Crippen MR) is 106 cm³/mol. The first-order chi connectivity index (χ1) is 13.1. The first-order valence-corrected chi connectivity index (χ1v) is 9.86. The molecule has 0 spiro atoms. The number of hydrogen-bond acceptors (Lipinski definition) is 4. The van der Waals surface area contributed by atoms with Gasteiger partial charge in [0.25, 0.3) is 0 Å². The molecule has 0 aromatic heterocycles. The van der Waals surface area contributed by atoms with Gasteiger partial charge in [-0.05, 0) is 62.5 Å². The molecule has 0 radical (unpaired) electrons. The van der Waals surface area contributed by atoms with Crippen molar-refractivity contribution >= 4 is 0 Å². The van der Waals surface area contributed by atoms with Crippen molar-refractivity contribution < 1.29 is 14.6 Å². The largest absolute Gasteiger partial charge is 0.493 e. The molecule has 0 unspecified atom stereocenters. The number of aliphatic hydroxyl groups excluding tert-OH is 1. The summed E-state index contributed by atoms with van der Waals surface area (Å²) in [6.07, 6.45) is 3.69. The number of likely N-dealkylation sites (N-methyl/N-ethyl adjacent to an activating group) is 1. The van der Waals surface area contributed by atoms with Crippen molar-refractivity contribution in [1.29, 1.82) is 0 Å². The second kappa shape index (κ2) is 7.53. The van der Waals surface area contributed by atoms with Crippen molar-refractivity contribution in [1.82, 2.24) is 4.90 Å². The van der Waals surface area contributed by atoms with Crippen molar-refractivity contribution in [2.45, 2.75) is 49.9 Å². The van der Waals surface area contributed by atoms with E-state index >= 15 is 0 Å². The van der Waals surface area contributed by atoms with Gasteiger partial charge in [0.05, 0.1) is 13.2 Å². The van der Waals surface area contributed by atoms with Gasteiger partial charge >= 0.3 is 0 Å². The third-order valence-corrected chi connectivity index (χ3v) is 6.48. The predicted octanol–water partition coefficient (Wildman–Crippen LogP) is 3.76. The molecular weight excluding hydrogens is 338 g/mol. The number of aliphatic hydroxyl groups is 1. The van der Waals surface area contributed by atoms with Crippen LogP contribution in [0.25, 0.3) is 0 Å². The van der Waals surface area contributed by atoms with Gasteiger partial charge in [0, 0.05) is 11.5 Å². The molecule has 4 heteroatoms. The molecule has 2 aliphatic rings. The van der Waals surface area contributed by atoms with Crippen LogP contribution in [0.15, 0.2) is 48.5 Å². The van der Waals surface area contributed by atoms with Gasteiger partial charge in [0.2, 0.25) is 0 Å². The smallest absolute Gasteiger partial charge is 0.161 e. The van der Waals surface area contributed by atoms with Crippen LogP contribution in [0.4, 0.5) is 0 Å². The van der Waals surface area contributed by atoms with Gasteiger partial charge in [-0.15, -0.1) is 0 Å². The molecule has 3 atom stereocenters. The molecule has 0 amide bonds. The van der Waals surface area contributed by atoms with Crippen LogP contribution in [0.2, 0.25) is 0 Å². The van der Waals surface area contributed by atoms with Gasteiger partial charge < -0.3 is 19.5 Å². The summed E-state index contributed by atoms with van der Waals surface area (Å²) in [4.78, 5) is 2.41. The highest BCUT2D eigenvalue weighted by Crippen LogP contribution is 2.49. The zero-order valence-corrected chi connectivity index (χ0v) is 16.2. The Balaban J connectivity index is 1.63. The van der Waals surface area contributed by atoms with Gasteiger partial charge in [0.1, 0.15) is 6.61 Å². The van der Waals surface area contributed by atoms with Crippen LogP contribution in [-0.2, 0) is 12.0 Å². The number of fused-ring (bicyclic) bond motifs is 1. The van der Waals surface area contributed by atoms with E-state index in [0.29, 0.717) is 12.6 Å². The number of nitrogens with zero attached hydrogens (tertiary/aromatic N) is 1. The molecule has 1 aliphatic heterocycles. The molecule has 144 valence electrons. The summed E-state index contributed by atoms with van der Waals surface area (Å²) in [5.74, 6) is 1.57. The standard InChI is InChI=1S/C23H29NO3/c1-24-13-12-23(11-10-19(25)15-22(23)24)18-8-9-20(26-2)21(14-18)27-16-17-6-4-3-5-7-17/h3-9,14,19,22,25H,10-13,15-16H2,1-2H3/t19-,22-,23-/m0/s1. The Kier molecular flexibility index (Phi) is 5.11. The quantitative estimate of drug-likeness (QED) is 0.874. The first-order valence-electron chi connectivity index (χ1n) is 9.86. The Morgan fingerprint density at radius 1 is 1.11 bits per heavy atom. The summed E-state index contributed by atoms with van der Waals surface area (Å²) >= 11 is 0. The van der Waals surface area contributed by atoms with Crippen LogP contribution >= 0.6 is 0 Å². The molecule has 2 fully saturated rings. The number of rotatable bonds is 5. The van der Waals surface area contributed by atoms with Crippen molar-refractivity contribution in [2.75, 3.05) is 20.7 Å². The van der Waals surface area contributed by atoms with E-state index in [0.717, 1.165) is 49.3 Å². The van der Waals surface area contributed by atoms with E-state index in [1.807, 2.05) is 24.3 Å². The maximum absolute atomic E-state index is 10.2. The van der Waals surface area contributed by atoms with Crippen LogP contribution in [0, 0.1) is 0 Å². The highest BCUT2D eigenvalue weighted by Gasteiger charge is 2.50. The molecule has 1 saturated heterocycles. The SMILES string of the molecule is COc1ccc([C@@]23CC[C@H](O)C[C@@H]2N(C)CC3)cc1OCc1ccccc1. The van der Waals surface area contributed by atoms with E-state index in [2.05, 4.69) is 36.2 Å². The summed E-state index contributed by atoms with van der Waals surface area (Å²) in [6.45, 7) is 1.60. The van der Waals surface area contributed by atoms with Crippen molar-refractivity contribution in [3.05, 3.63) is 59.7 Å². The highest BCUT2D eigenvalue weighted by atomic mass is 16.5. The monoisotopic (exact) mass is 367 g/mol. The number of methoxy groups -OCH3 is 1. The summed E-state index contributed by atoms with van der Waals surface area (Å²) in [5.41, 5.74) is 2.56. The minimum atomic E-state index is -0.185. The fourth-order valence-electron chi connectivity index (χ4n) is 4.93. The Labute approximate surface area is 161 Å². The van der Waals surface area contributed by atoms with Crippen LogP contribution in [0.5, 0.6) is 11.5 Å². The normalized spacial score (nSPS) is 28.0. The summed E-state index contributed by atoms with van der Waals surface area (Å²) in [6, 6.07) is 17.0. The Bertz CT molecular complexity index is 778. The molecule has 0 bridgehead atoms. The van der Waals surface area contributed by atoms with E-state index in [1.54, 1.807) is 7.11 Å². The molecule has 1 N–H and O–H groups in total. The zero-order chi connectivity index (χ0) is 18.9. The van der Waals surface area contributed by atoms with Crippen LogP contribution in [0.3, 0.4) is 0 Å². The lowest BCUT2D eigenvalue weighted by Gasteiger charge is -2.43. The second-order valence-corrected chi connectivity index (χ2v) is 7.97. The third kappa shape index (κ3) is 3.44. The van der Waals surface area contributed by atoms with E-state index in [1.165, 1.54) is 5.56 Å². The van der Waals surface area contributed by atoms with E-state index in [4.69, 9.17) is 9.47 Å². The molecule has 1 aliphatic carbocycles. The molecule has 2 aromatic rings. The van der Waals surface area contributed by atoms with Gasteiger partial charge in [-0.25, -0.2) is 0 Å². The Hall–Kier alpha value is -2.04. The average molecular weight is 367 g/mol. The molecule has 2 aromatic carbocycles. The number of ether oxygens (including phenoxy) is 2. The minimum Gasteiger partial charge on any atom is -0.493 e. The lowest BCUT2D eigenvalue weighted by molar-refractivity contribution is 0.0566. The molecular formula is C23H29NO3. The Morgan fingerprint density at radius 2 is 1.93 bits per heavy atom. The number of benzene rings is 2. The first kappa shape index (κ1) is 18.3. The second-order valence-electron chi connectivity index (χ2n) is 7.97. The van der Waals surface area contributed by atoms with Crippen LogP contribution < -0.4 is 9.47 Å². The minimum absolute atomic E-state index is 0.102. The van der Waals surface area contributed by atoms with Crippen LogP contribution in [-0.4, -0.2) is 42.9 Å². The molecule has 1 heterocycles. The van der Waals surface area contributed by atoms with E-state index in [-0.39, 0.29) is 11.5 Å². The van der Waals surface area contributed by atoms with Gasteiger partial charge in [-0.3, -0.25) is 0 Å². The highest BCUT2D eigenvalue weighted by molar-refractivity contribution is 5.46. The van der Waals surface area contributed by atoms with Crippen molar-refractivity contribution in [3.63, 3.8) is 0 Å². The molecule has 27 heavy (non-hydrogen) atoms. The number of likely N-dealkylation sites (tertiary alicyclic amines) is 1. The van der Waals surface area contributed by atoms with Crippen LogP contribution in [0.1, 0.15) is 36.8 Å². The summed E-state index contributed by atoms with van der Waals surface area (Å²) in [7, 11) is 3.87. The maximum Gasteiger partial charge on any atom is 0.161 e. The summed E-state index contributed by atoms with van der Waals surface area (Å²) < 4.78 is 11.7. The topological polar surface area (TPSA) is 41.9 Å². The third-order valence-electron chi connectivity index (χ3n) is 6.48. The van der Waals surface area contributed by atoms with E-state index in [9.17, 15) is 5.11 Å². The van der Waals surface area contributed by atoms with Gasteiger partial charge in [-0.1, -0.05) is 36.4 Å². The average Bonchev–Trinajstić information content (AvgIpc) is 3.04. The fraction of sp³-hybridized carbons (Fsp3) is 0.478. The maximum atomic E-state index is 10.2. The fourth-order valence-corrected chi connectivity index (χ4v) is 4.93. The van der Waals surface area contributed by atoms with E-state index < -0.39 is 0 Å². The lowest BCUT2D eigenvalue weighted by atomic mass is 9.65. The molecule has 4 rings (SSSR count). The zero-order valence-electron chi connectivity index (χ0n) is 16.2.